The molecule has 0 aliphatic rings. The van der Waals surface area contributed by atoms with Crippen LogP contribution in [0.3, 0.4) is 0 Å². The van der Waals surface area contributed by atoms with Crippen molar-refractivity contribution in [2.24, 2.45) is 0 Å². The number of halogens is 1. The second-order valence-corrected chi connectivity index (χ2v) is 7.70. The lowest BCUT2D eigenvalue weighted by Crippen LogP contribution is -2.13. The van der Waals surface area contributed by atoms with Gasteiger partial charge in [0.05, 0.1) is 10.6 Å². The Labute approximate surface area is 155 Å². The predicted octanol–water partition coefficient (Wildman–Crippen LogP) is 4.41. The number of furan rings is 1. The smallest absolute Gasteiger partial charge is 0.371 e. The van der Waals surface area contributed by atoms with Gasteiger partial charge in [-0.3, -0.25) is 4.72 Å². The largest absolute Gasteiger partial charge is 0.475 e. The Morgan fingerprint density at radius 3 is 2.38 bits per heavy atom. The van der Waals surface area contributed by atoms with E-state index in [1.165, 1.54) is 30.3 Å². The highest BCUT2D eigenvalue weighted by atomic mass is 35.5. The number of nitrogens with one attached hydrogen (secondary N) is 1. The monoisotopic (exact) mass is 391 g/mol. The molecule has 0 bridgehead atoms. The van der Waals surface area contributed by atoms with Crippen LogP contribution in [0.5, 0.6) is 0 Å². The third-order valence-electron chi connectivity index (χ3n) is 3.64. The van der Waals surface area contributed by atoms with Crippen molar-refractivity contribution < 1.29 is 22.7 Å². The summed E-state index contributed by atoms with van der Waals surface area (Å²) in [6.07, 6.45) is 0. The molecule has 2 aromatic carbocycles. The lowest BCUT2D eigenvalue weighted by Gasteiger charge is -2.12. The van der Waals surface area contributed by atoms with Crippen molar-refractivity contribution in [1.82, 2.24) is 0 Å². The van der Waals surface area contributed by atoms with Gasteiger partial charge in [-0.2, -0.15) is 0 Å². The van der Waals surface area contributed by atoms with Gasteiger partial charge < -0.3 is 9.52 Å². The zero-order chi connectivity index (χ0) is 18.9. The minimum Gasteiger partial charge on any atom is -0.475 e. The van der Waals surface area contributed by atoms with E-state index in [0.29, 0.717) is 10.6 Å². The summed E-state index contributed by atoms with van der Waals surface area (Å²) in [7, 11) is -3.85. The van der Waals surface area contributed by atoms with Crippen molar-refractivity contribution in [3.63, 3.8) is 0 Å². The van der Waals surface area contributed by atoms with E-state index < -0.39 is 16.0 Å². The molecule has 3 aromatic rings. The summed E-state index contributed by atoms with van der Waals surface area (Å²) >= 11 is 6.00. The van der Waals surface area contributed by atoms with Gasteiger partial charge in [0.15, 0.2) is 0 Å². The minimum atomic E-state index is -3.85. The highest BCUT2D eigenvalue weighted by molar-refractivity contribution is 7.92. The molecule has 0 atom stereocenters. The second kappa shape index (κ2) is 6.86. The molecule has 1 heterocycles. The Morgan fingerprint density at radius 1 is 1.08 bits per heavy atom. The fourth-order valence-electron chi connectivity index (χ4n) is 2.33. The first kappa shape index (κ1) is 18.0. The zero-order valence-electron chi connectivity index (χ0n) is 13.6. The van der Waals surface area contributed by atoms with E-state index in [2.05, 4.69) is 4.72 Å². The van der Waals surface area contributed by atoms with Gasteiger partial charge in [0, 0.05) is 10.6 Å². The minimum absolute atomic E-state index is 0.0969. The van der Waals surface area contributed by atoms with Crippen LogP contribution >= 0.6 is 11.6 Å². The first-order valence-corrected chi connectivity index (χ1v) is 9.35. The molecule has 0 fully saturated rings. The summed E-state index contributed by atoms with van der Waals surface area (Å²) in [4.78, 5) is 11.1. The number of carbonyl (C=O) groups is 1. The number of aromatic carboxylic acids is 1. The first-order chi connectivity index (χ1) is 12.3. The van der Waals surface area contributed by atoms with Crippen LogP contribution in [0.25, 0.3) is 11.3 Å². The third kappa shape index (κ3) is 3.74. The van der Waals surface area contributed by atoms with Gasteiger partial charge in [0.1, 0.15) is 5.76 Å². The molecular weight excluding hydrogens is 378 g/mol. The van der Waals surface area contributed by atoms with Gasteiger partial charge in [-0.15, -0.1) is 0 Å². The Balaban J connectivity index is 2.03. The van der Waals surface area contributed by atoms with Gasteiger partial charge in [0.2, 0.25) is 5.76 Å². The van der Waals surface area contributed by atoms with Gasteiger partial charge in [0.25, 0.3) is 10.0 Å². The maximum absolute atomic E-state index is 12.6. The van der Waals surface area contributed by atoms with Crippen molar-refractivity contribution in [3.8, 4) is 11.3 Å². The number of hydrogen-bond donors (Lipinski definition) is 2. The van der Waals surface area contributed by atoms with E-state index >= 15 is 0 Å². The molecule has 0 amide bonds. The van der Waals surface area contributed by atoms with E-state index in [0.717, 1.165) is 5.56 Å². The molecule has 134 valence electrons. The number of anilines is 1. The van der Waals surface area contributed by atoms with Crippen molar-refractivity contribution >= 4 is 33.3 Å². The quantitative estimate of drug-likeness (QED) is 0.671. The first-order valence-electron chi connectivity index (χ1n) is 7.49. The van der Waals surface area contributed by atoms with Crippen molar-refractivity contribution in [3.05, 3.63) is 70.9 Å². The molecule has 8 heteroatoms. The summed E-state index contributed by atoms with van der Waals surface area (Å²) in [6.45, 7) is 1.86. The number of benzene rings is 2. The third-order valence-corrected chi connectivity index (χ3v) is 5.26. The second-order valence-electron chi connectivity index (χ2n) is 5.58. The number of sulfonamides is 1. The van der Waals surface area contributed by atoms with Gasteiger partial charge in [-0.05, 0) is 49.4 Å². The number of hydrogen-bond acceptors (Lipinski definition) is 4. The Bertz CT molecular complexity index is 1070. The summed E-state index contributed by atoms with van der Waals surface area (Å²) in [5.41, 5.74) is 1.49. The van der Waals surface area contributed by atoms with Crippen LogP contribution in [-0.4, -0.2) is 19.5 Å². The standard InChI is InChI=1S/C18H14ClNO5S/c1-11-2-5-13(6-3-11)26(23,24)20-15-10-12(19)4-7-14(15)16-8-9-17(25-16)18(21)22/h2-10,20H,1H3,(H,21,22). The molecule has 3 rings (SSSR count). The molecule has 0 saturated heterocycles. The number of aryl methyl sites for hydroxylation is 1. The highest BCUT2D eigenvalue weighted by Gasteiger charge is 2.19. The molecule has 2 N–H and O–H groups in total. The fraction of sp³-hybridized carbons (Fsp3) is 0.0556. The van der Waals surface area contributed by atoms with E-state index in [1.807, 2.05) is 6.92 Å². The molecule has 0 radical (unpaired) electrons. The van der Waals surface area contributed by atoms with Crippen molar-refractivity contribution in [2.45, 2.75) is 11.8 Å². The van der Waals surface area contributed by atoms with E-state index in [1.54, 1.807) is 24.3 Å². The topological polar surface area (TPSA) is 96.6 Å². The number of rotatable bonds is 5. The van der Waals surface area contributed by atoms with Crippen LogP contribution in [0.1, 0.15) is 16.1 Å². The summed E-state index contributed by atoms with van der Waals surface area (Å²) < 4.78 is 33.0. The average molecular weight is 392 g/mol. The van der Waals surface area contributed by atoms with Gasteiger partial charge in [-0.25, -0.2) is 13.2 Å². The Hall–Kier alpha value is -2.77. The lowest BCUT2D eigenvalue weighted by atomic mass is 10.1. The molecular formula is C18H14ClNO5S. The van der Waals surface area contributed by atoms with Crippen LogP contribution in [0.15, 0.2) is 63.9 Å². The molecule has 6 nitrogen and oxygen atoms in total. The molecule has 0 unspecified atom stereocenters. The van der Waals surface area contributed by atoms with Crippen LogP contribution in [0, 0.1) is 6.92 Å². The maximum Gasteiger partial charge on any atom is 0.371 e. The summed E-state index contributed by atoms with van der Waals surface area (Å²) in [5.74, 6) is -1.25. The molecule has 1 aromatic heterocycles. The maximum atomic E-state index is 12.6. The van der Waals surface area contributed by atoms with Crippen LogP contribution in [0.2, 0.25) is 5.02 Å². The van der Waals surface area contributed by atoms with Gasteiger partial charge >= 0.3 is 5.97 Å². The molecule has 0 saturated carbocycles. The van der Waals surface area contributed by atoms with E-state index in [9.17, 15) is 13.2 Å². The normalized spacial score (nSPS) is 11.3. The lowest BCUT2D eigenvalue weighted by molar-refractivity contribution is 0.0663. The van der Waals surface area contributed by atoms with Crippen molar-refractivity contribution in [1.29, 1.82) is 0 Å². The molecule has 26 heavy (non-hydrogen) atoms. The molecule has 0 spiro atoms. The van der Waals surface area contributed by atoms with Crippen LogP contribution < -0.4 is 4.72 Å². The van der Waals surface area contributed by atoms with Crippen LogP contribution in [-0.2, 0) is 10.0 Å². The fourth-order valence-corrected chi connectivity index (χ4v) is 3.58. The predicted molar refractivity (Wildman–Crippen MR) is 98.1 cm³/mol. The number of carboxylic acids is 1. The zero-order valence-corrected chi connectivity index (χ0v) is 15.1. The summed E-state index contributed by atoms with van der Waals surface area (Å²) in [5, 5.41) is 9.31. The van der Waals surface area contributed by atoms with E-state index in [4.69, 9.17) is 21.1 Å². The highest BCUT2D eigenvalue weighted by Crippen LogP contribution is 2.33. The van der Waals surface area contributed by atoms with Gasteiger partial charge in [-0.1, -0.05) is 29.3 Å². The molecule has 0 aliphatic heterocycles. The Kier molecular flexibility index (Phi) is 4.76. The van der Waals surface area contributed by atoms with Crippen LogP contribution in [0.4, 0.5) is 5.69 Å². The number of carboxylic acid groups (broad SMARTS) is 1. The van der Waals surface area contributed by atoms with Crippen molar-refractivity contribution in [2.75, 3.05) is 4.72 Å². The van der Waals surface area contributed by atoms with E-state index in [-0.39, 0.29) is 22.1 Å². The Morgan fingerprint density at radius 2 is 1.77 bits per heavy atom. The summed E-state index contributed by atoms with van der Waals surface area (Å²) in [6, 6.07) is 13.7. The SMILES string of the molecule is Cc1ccc(S(=O)(=O)Nc2cc(Cl)ccc2-c2ccc(C(=O)O)o2)cc1. The molecule has 0 aliphatic carbocycles. The average Bonchev–Trinajstić information content (AvgIpc) is 3.05.